The zero-order valence-corrected chi connectivity index (χ0v) is 9.92. The van der Waals surface area contributed by atoms with Crippen LogP contribution >= 0.6 is 0 Å². The van der Waals surface area contributed by atoms with Crippen molar-refractivity contribution in [1.82, 2.24) is 15.3 Å². The average molecular weight is 240 g/mol. The Morgan fingerprint density at radius 1 is 1.53 bits per heavy atom. The van der Waals surface area contributed by atoms with Gasteiger partial charge in [-0.3, -0.25) is 10.1 Å². The van der Waals surface area contributed by atoms with Gasteiger partial charge in [-0.05, 0) is 6.54 Å². The number of methoxy groups -OCH3 is 1. The van der Waals surface area contributed by atoms with Crippen LogP contribution in [-0.4, -0.2) is 41.2 Å². The Bertz CT molecular complexity index is 349. The zero-order chi connectivity index (χ0) is 12.7. The number of ether oxygens (including phenoxy) is 1. The molecule has 0 saturated carbocycles. The monoisotopic (exact) mass is 240 g/mol. The van der Waals surface area contributed by atoms with E-state index in [4.69, 9.17) is 4.74 Å². The molecule has 7 heteroatoms. The zero-order valence-electron chi connectivity index (χ0n) is 9.92. The highest BCUT2D eigenvalue weighted by molar-refractivity contribution is 5.20. The molecule has 1 unspecified atom stereocenters. The second-order valence-corrected chi connectivity index (χ2v) is 3.53. The highest BCUT2D eigenvalue weighted by atomic mass is 16.6. The van der Waals surface area contributed by atoms with E-state index in [1.54, 1.807) is 7.11 Å². The number of nitro groups is 1. The second-order valence-electron chi connectivity index (χ2n) is 3.53. The van der Waals surface area contributed by atoms with E-state index in [1.165, 1.54) is 12.4 Å². The number of hydrogen-bond acceptors (Lipinski definition) is 6. The molecule has 7 nitrogen and oxygen atoms in total. The van der Waals surface area contributed by atoms with Crippen LogP contribution in [0.4, 0.5) is 5.69 Å². The van der Waals surface area contributed by atoms with Crippen molar-refractivity contribution in [3.8, 4) is 0 Å². The molecule has 0 saturated heterocycles. The fourth-order valence-corrected chi connectivity index (χ4v) is 1.45. The van der Waals surface area contributed by atoms with Crippen LogP contribution < -0.4 is 5.32 Å². The SMILES string of the molecule is CCNC(COC)Cc1ncc([N+](=O)[O-])cn1. The third-order valence-electron chi connectivity index (χ3n) is 2.19. The molecule has 17 heavy (non-hydrogen) atoms. The fraction of sp³-hybridized carbons (Fsp3) is 0.600. The summed E-state index contributed by atoms with van der Waals surface area (Å²) in [5.74, 6) is 0.568. The Kier molecular flexibility index (Phi) is 5.44. The molecule has 0 fully saturated rings. The van der Waals surface area contributed by atoms with Gasteiger partial charge in [0.25, 0.3) is 0 Å². The first kappa shape index (κ1) is 13.5. The number of rotatable bonds is 7. The molecule has 0 aliphatic rings. The van der Waals surface area contributed by atoms with E-state index in [1.807, 2.05) is 6.92 Å². The molecule has 1 rings (SSSR count). The Morgan fingerprint density at radius 3 is 2.65 bits per heavy atom. The van der Waals surface area contributed by atoms with Crippen LogP contribution in [0.25, 0.3) is 0 Å². The summed E-state index contributed by atoms with van der Waals surface area (Å²) < 4.78 is 5.06. The molecule has 0 spiro atoms. The summed E-state index contributed by atoms with van der Waals surface area (Å²) in [6, 6.07) is 0.117. The molecule has 0 amide bonds. The summed E-state index contributed by atoms with van der Waals surface area (Å²) in [6.07, 6.45) is 3.02. The molecule has 1 N–H and O–H groups in total. The van der Waals surface area contributed by atoms with Crippen LogP contribution in [0.15, 0.2) is 12.4 Å². The summed E-state index contributed by atoms with van der Waals surface area (Å²) in [7, 11) is 1.63. The van der Waals surface area contributed by atoms with Crippen LogP contribution in [0, 0.1) is 10.1 Å². The largest absolute Gasteiger partial charge is 0.383 e. The minimum Gasteiger partial charge on any atom is -0.383 e. The number of hydrogen-bond donors (Lipinski definition) is 1. The van der Waals surface area contributed by atoms with Crippen LogP contribution in [0.3, 0.4) is 0 Å². The van der Waals surface area contributed by atoms with Gasteiger partial charge in [-0.15, -0.1) is 0 Å². The lowest BCUT2D eigenvalue weighted by atomic mass is 10.2. The van der Waals surface area contributed by atoms with Gasteiger partial charge >= 0.3 is 5.69 Å². The van der Waals surface area contributed by atoms with Crippen molar-refractivity contribution in [3.05, 3.63) is 28.3 Å². The van der Waals surface area contributed by atoms with Crippen molar-refractivity contribution in [1.29, 1.82) is 0 Å². The van der Waals surface area contributed by atoms with E-state index in [0.29, 0.717) is 18.9 Å². The number of nitrogens with one attached hydrogen (secondary N) is 1. The van der Waals surface area contributed by atoms with Gasteiger partial charge in [-0.2, -0.15) is 0 Å². The first-order valence-corrected chi connectivity index (χ1v) is 5.35. The molecule has 0 bridgehead atoms. The van der Waals surface area contributed by atoms with Crippen molar-refractivity contribution in [2.24, 2.45) is 0 Å². The number of aromatic nitrogens is 2. The highest BCUT2D eigenvalue weighted by Crippen LogP contribution is 2.07. The molecule has 94 valence electrons. The van der Waals surface area contributed by atoms with Gasteiger partial charge in [0.15, 0.2) is 0 Å². The summed E-state index contributed by atoms with van der Waals surface area (Å²) in [6.45, 7) is 3.37. The summed E-state index contributed by atoms with van der Waals surface area (Å²) >= 11 is 0. The van der Waals surface area contributed by atoms with Gasteiger partial charge in [0.2, 0.25) is 0 Å². The first-order chi connectivity index (χ1) is 8.17. The Labute approximate surface area is 99.4 Å². The lowest BCUT2D eigenvalue weighted by molar-refractivity contribution is -0.385. The van der Waals surface area contributed by atoms with E-state index in [9.17, 15) is 10.1 Å². The lowest BCUT2D eigenvalue weighted by Gasteiger charge is -2.15. The Hall–Kier alpha value is -1.60. The van der Waals surface area contributed by atoms with Gasteiger partial charge in [0.05, 0.1) is 11.5 Å². The van der Waals surface area contributed by atoms with E-state index in [0.717, 1.165) is 6.54 Å². The van der Waals surface area contributed by atoms with Crippen LogP contribution in [0.1, 0.15) is 12.7 Å². The quantitative estimate of drug-likeness (QED) is 0.553. The van der Waals surface area contributed by atoms with E-state index < -0.39 is 4.92 Å². The van der Waals surface area contributed by atoms with Crippen molar-refractivity contribution >= 4 is 5.69 Å². The van der Waals surface area contributed by atoms with E-state index in [2.05, 4.69) is 15.3 Å². The van der Waals surface area contributed by atoms with Crippen LogP contribution in [-0.2, 0) is 11.2 Å². The predicted octanol–water partition coefficient (Wildman–Crippen LogP) is 0.552. The number of likely N-dealkylation sites (N-methyl/N-ethyl adjacent to an activating group) is 1. The summed E-state index contributed by atoms with van der Waals surface area (Å²) in [5.41, 5.74) is -0.0968. The lowest BCUT2D eigenvalue weighted by Crippen LogP contribution is -2.35. The standard InChI is InChI=1S/C10H16N4O3/c1-3-11-8(7-17-2)4-10-12-5-9(6-13-10)14(15)16/h5-6,8,11H,3-4,7H2,1-2H3. The second kappa shape index (κ2) is 6.87. The molecule has 0 radical (unpaired) electrons. The smallest absolute Gasteiger partial charge is 0.305 e. The maximum atomic E-state index is 10.4. The van der Waals surface area contributed by atoms with Crippen LogP contribution in [0.2, 0.25) is 0 Å². The fourth-order valence-electron chi connectivity index (χ4n) is 1.45. The molecule has 0 aliphatic heterocycles. The summed E-state index contributed by atoms with van der Waals surface area (Å²) in [5, 5.41) is 13.7. The predicted molar refractivity (Wildman–Crippen MR) is 61.7 cm³/mol. The van der Waals surface area contributed by atoms with Crippen molar-refractivity contribution in [2.45, 2.75) is 19.4 Å². The van der Waals surface area contributed by atoms with Crippen LogP contribution in [0.5, 0.6) is 0 Å². The Morgan fingerprint density at radius 2 is 2.18 bits per heavy atom. The Balaban J connectivity index is 2.62. The molecule has 0 aromatic carbocycles. The normalized spacial score (nSPS) is 12.4. The summed E-state index contributed by atoms with van der Waals surface area (Å²) in [4.78, 5) is 17.8. The molecular formula is C10H16N4O3. The van der Waals surface area contributed by atoms with Gasteiger partial charge in [-0.25, -0.2) is 9.97 Å². The molecule has 1 aromatic heterocycles. The maximum Gasteiger partial charge on any atom is 0.305 e. The maximum absolute atomic E-state index is 10.4. The third-order valence-corrected chi connectivity index (χ3v) is 2.19. The van der Waals surface area contributed by atoms with E-state index in [-0.39, 0.29) is 11.7 Å². The topological polar surface area (TPSA) is 90.2 Å². The van der Waals surface area contributed by atoms with Gasteiger partial charge in [0.1, 0.15) is 18.2 Å². The van der Waals surface area contributed by atoms with Crippen molar-refractivity contribution < 1.29 is 9.66 Å². The van der Waals surface area contributed by atoms with Crippen molar-refractivity contribution in [3.63, 3.8) is 0 Å². The van der Waals surface area contributed by atoms with Crippen molar-refractivity contribution in [2.75, 3.05) is 20.3 Å². The third kappa shape index (κ3) is 4.41. The first-order valence-electron chi connectivity index (χ1n) is 5.35. The van der Waals surface area contributed by atoms with E-state index >= 15 is 0 Å². The minimum atomic E-state index is -0.513. The molecule has 1 heterocycles. The molecule has 0 aliphatic carbocycles. The molecule has 1 atom stereocenters. The highest BCUT2D eigenvalue weighted by Gasteiger charge is 2.12. The minimum absolute atomic E-state index is 0.0968. The van der Waals surface area contributed by atoms with Gasteiger partial charge in [0, 0.05) is 19.6 Å². The van der Waals surface area contributed by atoms with Gasteiger partial charge in [-0.1, -0.05) is 6.92 Å². The molecular weight excluding hydrogens is 224 g/mol. The number of nitrogens with zero attached hydrogens (tertiary/aromatic N) is 3. The average Bonchev–Trinajstić information content (AvgIpc) is 2.30. The molecule has 1 aromatic rings. The van der Waals surface area contributed by atoms with Gasteiger partial charge < -0.3 is 10.1 Å².